The van der Waals surface area contributed by atoms with Gasteiger partial charge >= 0.3 is 0 Å². The van der Waals surface area contributed by atoms with Gasteiger partial charge in [-0.1, -0.05) is 17.7 Å². The van der Waals surface area contributed by atoms with Gasteiger partial charge in [0, 0.05) is 12.1 Å². The minimum atomic E-state index is -0.0420. The van der Waals surface area contributed by atoms with Gasteiger partial charge in [-0.25, -0.2) is 0 Å². The minimum Gasteiger partial charge on any atom is -0.484 e. The highest BCUT2D eigenvalue weighted by Gasteiger charge is 2.19. The van der Waals surface area contributed by atoms with Crippen LogP contribution in [0.1, 0.15) is 25.3 Å². The molecule has 0 saturated carbocycles. The summed E-state index contributed by atoms with van der Waals surface area (Å²) in [6.45, 7) is 5.21. The number of amides is 1. The van der Waals surface area contributed by atoms with Crippen LogP contribution in [0.3, 0.4) is 0 Å². The van der Waals surface area contributed by atoms with Gasteiger partial charge < -0.3 is 15.4 Å². The lowest BCUT2D eigenvalue weighted by Crippen LogP contribution is -2.47. The normalized spacial score (nSPS) is 21.7. The molecule has 0 radical (unpaired) electrons. The number of hydrogen-bond donors (Lipinski definition) is 2. The molecule has 20 heavy (non-hydrogen) atoms. The van der Waals surface area contributed by atoms with Crippen LogP contribution in [0, 0.1) is 6.92 Å². The molecular weight excluding hydrogens is 276 g/mol. The Bertz CT molecular complexity index is 422. The quantitative estimate of drug-likeness (QED) is 0.894. The number of halogens is 1. The summed E-state index contributed by atoms with van der Waals surface area (Å²) in [5.74, 6) is 0.694. The molecule has 1 aromatic rings. The van der Waals surface area contributed by atoms with Gasteiger partial charge in [0.15, 0.2) is 6.61 Å². The molecule has 0 spiro atoms. The summed E-state index contributed by atoms with van der Waals surface area (Å²) in [6, 6.07) is 8.45. The summed E-state index contributed by atoms with van der Waals surface area (Å²) in [5, 5.41) is 6.39. The predicted molar refractivity (Wildman–Crippen MR) is 82.6 cm³/mol. The fourth-order valence-electron chi connectivity index (χ4n) is 2.32. The number of carbonyl (C=O) groups is 1. The monoisotopic (exact) mass is 298 g/mol. The summed E-state index contributed by atoms with van der Waals surface area (Å²) in [4.78, 5) is 11.8. The van der Waals surface area contributed by atoms with Crippen molar-refractivity contribution >= 4 is 18.3 Å². The molecule has 0 bridgehead atoms. The summed E-state index contributed by atoms with van der Waals surface area (Å²) in [6.07, 6.45) is 1.97. The topological polar surface area (TPSA) is 50.4 Å². The molecule has 4 nitrogen and oxygen atoms in total. The molecule has 0 aliphatic carbocycles. The van der Waals surface area contributed by atoms with Gasteiger partial charge in [-0.3, -0.25) is 4.79 Å². The van der Waals surface area contributed by atoms with Crippen LogP contribution in [0.25, 0.3) is 0 Å². The minimum absolute atomic E-state index is 0. The smallest absolute Gasteiger partial charge is 0.258 e. The second kappa shape index (κ2) is 8.12. The third-order valence-electron chi connectivity index (χ3n) is 3.38. The first kappa shape index (κ1) is 16.8. The maximum Gasteiger partial charge on any atom is 0.258 e. The maximum atomic E-state index is 11.8. The highest BCUT2D eigenvalue weighted by molar-refractivity contribution is 5.85. The lowest BCUT2D eigenvalue weighted by molar-refractivity contribution is -0.124. The molecule has 1 saturated heterocycles. The Morgan fingerprint density at radius 1 is 1.40 bits per heavy atom. The SMILES string of the molecule is Cc1ccc(OCC(=O)NC2CCNC(C)C2)cc1.Cl. The predicted octanol–water partition coefficient (Wildman–Crippen LogP) is 2.05. The van der Waals surface area contributed by atoms with Crippen molar-refractivity contribution in [1.29, 1.82) is 0 Å². The van der Waals surface area contributed by atoms with Crippen molar-refractivity contribution in [3.05, 3.63) is 29.8 Å². The van der Waals surface area contributed by atoms with E-state index in [-0.39, 0.29) is 31.0 Å². The summed E-state index contributed by atoms with van der Waals surface area (Å²) >= 11 is 0. The van der Waals surface area contributed by atoms with Crippen molar-refractivity contribution in [1.82, 2.24) is 10.6 Å². The van der Waals surface area contributed by atoms with Crippen LogP contribution >= 0.6 is 12.4 Å². The molecule has 1 amide bonds. The molecule has 2 atom stereocenters. The van der Waals surface area contributed by atoms with Crippen LogP contribution < -0.4 is 15.4 Å². The van der Waals surface area contributed by atoms with Crippen LogP contribution in [0.5, 0.6) is 5.75 Å². The lowest BCUT2D eigenvalue weighted by atomic mass is 10.0. The summed E-state index contributed by atoms with van der Waals surface area (Å²) in [5.41, 5.74) is 1.18. The summed E-state index contributed by atoms with van der Waals surface area (Å²) in [7, 11) is 0. The van der Waals surface area contributed by atoms with E-state index in [1.807, 2.05) is 31.2 Å². The van der Waals surface area contributed by atoms with Gasteiger partial charge in [-0.05, 0) is 45.4 Å². The Balaban J connectivity index is 0.00000200. The number of ether oxygens (including phenoxy) is 1. The van der Waals surface area contributed by atoms with Crippen LogP contribution in [-0.4, -0.2) is 31.1 Å². The van der Waals surface area contributed by atoms with Gasteiger partial charge in [-0.2, -0.15) is 0 Å². The van der Waals surface area contributed by atoms with Crippen molar-refractivity contribution in [3.8, 4) is 5.75 Å². The molecule has 1 fully saturated rings. The first-order valence-corrected chi connectivity index (χ1v) is 6.85. The van der Waals surface area contributed by atoms with Gasteiger partial charge in [-0.15, -0.1) is 12.4 Å². The highest BCUT2D eigenvalue weighted by atomic mass is 35.5. The van der Waals surface area contributed by atoms with Gasteiger partial charge in [0.25, 0.3) is 5.91 Å². The first-order chi connectivity index (χ1) is 9.13. The van der Waals surface area contributed by atoms with E-state index in [1.54, 1.807) is 0 Å². The number of benzene rings is 1. The van der Waals surface area contributed by atoms with Crippen LogP contribution in [0.15, 0.2) is 24.3 Å². The van der Waals surface area contributed by atoms with E-state index in [2.05, 4.69) is 17.6 Å². The molecule has 1 aliphatic rings. The number of carbonyl (C=O) groups excluding carboxylic acids is 1. The van der Waals surface area contributed by atoms with E-state index in [0.29, 0.717) is 6.04 Å². The zero-order valence-electron chi connectivity index (χ0n) is 12.0. The molecule has 2 rings (SSSR count). The third kappa shape index (κ3) is 5.39. The van der Waals surface area contributed by atoms with Crippen molar-refractivity contribution < 1.29 is 9.53 Å². The number of rotatable bonds is 4. The molecule has 1 heterocycles. The molecule has 1 aliphatic heterocycles. The Hall–Kier alpha value is -1.26. The molecule has 1 aromatic carbocycles. The van der Waals surface area contributed by atoms with Crippen molar-refractivity contribution in [2.24, 2.45) is 0 Å². The molecular formula is C15H23ClN2O2. The number of piperidine rings is 1. The third-order valence-corrected chi connectivity index (χ3v) is 3.38. The zero-order valence-corrected chi connectivity index (χ0v) is 12.8. The molecule has 2 N–H and O–H groups in total. The standard InChI is InChI=1S/C15H22N2O2.ClH/c1-11-3-5-14(6-4-11)19-10-15(18)17-13-7-8-16-12(2)9-13;/h3-6,12-13,16H,7-10H2,1-2H3,(H,17,18);1H. The Morgan fingerprint density at radius 3 is 2.75 bits per heavy atom. The van der Waals surface area contributed by atoms with Crippen molar-refractivity contribution in [3.63, 3.8) is 0 Å². The van der Waals surface area contributed by atoms with E-state index in [9.17, 15) is 4.79 Å². The Labute approximate surface area is 126 Å². The Kier molecular flexibility index (Phi) is 6.82. The van der Waals surface area contributed by atoms with E-state index < -0.39 is 0 Å². The fraction of sp³-hybridized carbons (Fsp3) is 0.533. The van der Waals surface area contributed by atoms with E-state index >= 15 is 0 Å². The Morgan fingerprint density at radius 2 is 2.10 bits per heavy atom. The first-order valence-electron chi connectivity index (χ1n) is 6.85. The molecule has 0 aromatic heterocycles. The fourth-order valence-corrected chi connectivity index (χ4v) is 2.32. The maximum absolute atomic E-state index is 11.8. The van der Waals surface area contributed by atoms with Crippen LogP contribution in [0.2, 0.25) is 0 Å². The van der Waals surface area contributed by atoms with Crippen molar-refractivity contribution in [2.45, 2.75) is 38.8 Å². The second-order valence-corrected chi connectivity index (χ2v) is 5.25. The van der Waals surface area contributed by atoms with Crippen LogP contribution in [0.4, 0.5) is 0 Å². The average molecular weight is 299 g/mol. The molecule has 5 heteroatoms. The van der Waals surface area contributed by atoms with Crippen LogP contribution in [-0.2, 0) is 4.79 Å². The van der Waals surface area contributed by atoms with E-state index in [4.69, 9.17) is 4.74 Å². The lowest BCUT2D eigenvalue weighted by Gasteiger charge is -2.28. The molecule has 112 valence electrons. The number of hydrogen-bond acceptors (Lipinski definition) is 3. The van der Waals surface area contributed by atoms with E-state index in [0.717, 1.165) is 25.1 Å². The van der Waals surface area contributed by atoms with Gasteiger partial charge in [0.2, 0.25) is 0 Å². The highest BCUT2D eigenvalue weighted by Crippen LogP contribution is 2.11. The van der Waals surface area contributed by atoms with E-state index in [1.165, 1.54) is 5.56 Å². The largest absolute Gasteiger partial charge is 0.484 e. The number of nitrogens with one attached hydrogen (secondary N) is 2. The summed E-state index contributed by atoms with van der Waals surface area (Å²) < 4.78 is 5.46. The van der Waals surface area contributed by atoms with Crippen molar-refractivity contribution in [2.75, 3.05) is 13.2 Å². The zero-order chi connectivity index (χ0) is 13.7. The molecule has 2 unspecified atom stereocenters. The second-order valence-electron chi connectivity index (χ2n) is 5.25. The number of aryl methyl sites for hydroxylation is 1. The van der Waals surface area contributed by atoms with Gasteiger partial charge in [0.05, 0.1) is 0 Å². The average Bonchev–Trinajstić information content (AvgIpc) is 2.38. The van der Waals surface area contributed by atoms with Gasteiger partial charge in [0.1, 0.15) is 5.75 Å².